The maximum atomic E-state index is 12.8. The fourth-order valence-corrected chi connectivity index (χ4v) is 4.73. The van der Waals surface area contributed by atoms with Gasteiger partial charge in [0.05, 0.1) is 5.92 Å². The second-order valence-corrected chi connectivity index (χ2v) is 9.29. The van der Waals surface area contributed by atoms with Crippen LogP contribution in [0.25, 0.3) is 11.1 Å². The van der Waals surface area contributed by atoms with Crippen LogP contribution in [0.2, 0.25) is 0 Å². The van der Waals surface area contributed by atoms with Crippen molar-refractivity contribution in [3.05, 3.63) is 59.7 Å². The van der Waals surface area contributed by atoms with Crippen molar-refractivity contribution in [3.8, 4) is 11.1 Å². The van der Waals surface area contributed by atoms with Gasteiger partial charge in [-0.15, -0.1) is 0 Å². The summed E-state index contributed by atoms with van der Waals surface area (Å²) < 4.78 is 5.55. The van der Waals surface area contributed by atoms with E-state index in [2.05, 4.69) is 34.9 Å². The molecule has 2 aliphatic carbocycles. The molecule has 33 heavy (non-hydrogen) atoms. The number of benzene rings is 2. The molecular formula is C26H30N2O5. The molecule has 0 bridgehead atoms. The van der Waals surface area contributed by atoms with Gasteiger partial charge in [0.2, 0.25) is 5.91 Å². The van der Waals surface area contributed by atoms with E-state index in [9.17, 15) is 19.5 Å². The van der Waals surface area contributed by atoms with Gasteiger partial charge in [0.1, 0.15) is 12.1 Å². The highest BCUT2D eigenvalue weighted by atomic mass is 16.5. The number of aliphatic carboxylic acids is 1. The Bertz CT molecular complexity index is 1010. The van der Waals surface area contributed by atoms with Crippen LogP contribution in [0.5, 0.6) is 0 Å². The highest BCUT2D eigenvalue weighted by molar-refractivity contribution is 5.89. The summed E-state index contributed by atoms with van der Waals surface area (Å²) in [6.45, 7) is 4.02. The van der Waals surface area contributed by atoms with Crippen LogP contribution in [0.4, 0.5) is 4.79 Å². The summed E-state index contributed by atoms with van der Waals surface area (Å²) in [5.41, 5.74) is 3.40. The average Bonchev–Trinajstić information content (AvgIpc) is 3.08. The van der Waals surface area contributed by atoms with Crippen molar-refractivity contribution in [2.45, 2.75) is 44.6 Å². The Kier molecular flexibility index (Phi) is 6.40. The Morgan fingerprint density at radius 3 is 2.09 bits per heavy atom. The normalized spacial score (nSPS) is 16.8. The van der Waals surface area contributed by atoms with E-state index in [1.807, 2.05) is 38.1 Å². The first kappa shape index (κ1) is 22.8. The van der Waals surface area contributed by atoms with Gasteiger partial charge in [-0.25, -0.2) is 9.59 Å². The van der Waals surface area contributed by atoms with Crippen LogP contribution in [0, 0.1) is 11.8 Å². The van der Waals surface area contributed by atoms with Crippen molar-refractivity contribution in [1.29, 1.82) is 0 Å². The number of hydrogen-bond donors (Lipinski definition) is 3. The van der Waals surface area contributed by atoms with Gasteiger partial charge in [0.15, 0.2) is 0 Å². The summed E-state index contributed by atoms with van der Waals surface area (Å²) >= 11 is 0. The minimum Gasteiger partial charge on any atom is -0.480 e. The van der Waals surface area contributed by atoms with E-state index < -0.39 is 23.5 Å². The molecule has 0 aromatic heterocycles. The zero-order chi connectivity index (χ0) is 23.6. The third kappa shape index (κ3) is 4.45. The number of carboxylic acid groups (broad SMARTS) is 1. The third-order valence-corrected chi connectivity index (χ3v) is 6.93. The number of fused-ring (bicyclic) bond motifs is 3. The Balaban J connectivity index is 1.35. The molecule has 0 saturated heterocycles. The van der Waals surface area contributed by atoms with Crippen molar-refractivity contribution < 1.29 is 24.2 Å². The Morgan fingerprint density at radius 1 is 1.03 bits per heavy atom. The van der Waals surface area contributed by atoms with Gasteiger partial charge in [0.25, 0.3) is 0 Å². The van der Waals surface area contributed by atoms with Gasteiger partial charge >= 0.3 is 12.1 Å². The van der Waals surface area contributed by atoms with Crippen LogP contribution in [-0.4, -0.2) is 41.8 Å². The van der Waals surface area contributed by atoms with Crippen LogP contribution in [0.1, 0.15) is 50.2 Å². The first-order valence-electron chi connectivity index (χ1n) is 11.5. The van der Waals surface area contributed by atoms with Crippen molar-refractivity contribution in [3.63, 3.8) is 0 Å². The van der Waals surface area contributed by atoms with E-state index in [0.717, 1.165) is 28.7 Å². The van der Waals surface area contributed by atoms with Crippen LogP contribution in [0.3, 0.4) is 0 Å². The minimum absolute atomic E-state index is 0.0404. The number of amides is 2. The largest absolute Gasteiger partial charge is 0.480 e. The van der Waals surface area contributed by atoms with E-state index in [-0.39, 0.29) is 30.9 Å². The molecule has 7 heteroatoms. The zero-order valence-electron chi connectivity index (χ0n) is 19.0. The Hall–Kier alpha value is -3.35. The van der Waals surface area contributed by atoms with Crippen LogP contribution < -0.4 is 10.6 Å². The summed E-state index contributed by atoms with van der Waals surface area (Å²) in [5.74, 6) is -2.03. The molecule has 0 aliphatic heterocycles. The number of carbonyl (C=O) groups is 3. The van der Waals surface area contributed by atoms with Gasteiger partial charge in [-0.1, -0.05) is 62.4 Å². The van der Waals surface area contributed by atoms with Gasteiger partial charge in [-0.05, 0) is 47.4 Å². The van der Waals surface area contributed by atoms with Crippen LogP contribution in [0.15, 0.2) is 48.5 Å². The molecule has 2 amide bonds. The lowest BCUT2D eigenvalue weighted by molar-refractivity contribution is -0.152. The zero-order valence-corrected chi connectivity index (χ0v) is 19.0. The monoisotopic (exact) mass is 450 g/mol. The van der Waals surface area contributed by atoms with Crippen molar-refractivity contribution in [1.82, 2.24) is 10.6 Å². The molecule has 0 radical (unpaired) electrons. The second kappa shape index (κ2) is 9.25. The molecule has 174 valence electrons. The molecular weight excluding hydrogens is 420 g/mol. The smallest absolute Gasteiger partial charge is 0.407 e. The molecule has 2 aromatic rings. The first-order valence-corrected chi connectivity index (χ1v) is 11.5. The van der Waals surface area contributed by atoms with Gasteiger partial charge in [-0.3, -0.25) is 4.79 Å². The predicted octanol–water partition coefficient (Wildman–Crippen LogP) is 3.92. The number of hydrogen-bond acceptors (Lipinski definition) is 4. The first-order chi connectivity index (χ1) is 15.8. The van der Waals surface area contributed by atoms with Crippen LogP contribution >= 0.6 is 0 Å². The van der Waals surface area contributed by atoms with E-state index in [1.54, 1.807) is 0 Å². The summed E-state index contributed by atoms with van der Waals surface area (Å²) in [7, 11) is 0. The lowest BCUT2D eigenvalue weighted by Crippen LogP contribution is -2.61. The van der Waals surface area contributed by atoms with E-state index in [1.165, 1.54) is 0 Å². The van der Waals surface area contributed by atoms with Crippen molar-refractivity contribution in [2.24, 2.45) is 11.8 Å². The molecule has 4 rings (SSSR count). The quantitative estimate of drug-likeness (QED) is 0.565. The highest BCUT2D eigenvalue weighted by Gasteiger charge is 2.46. The van der Waals surface area contributed by atoms with Crippen molar-refractivity contribution >= 4 is 18.0 Å². The Morgan fingerprint density at radius 2 is 1.61 bits per heavy atom. The van der Waals surface area contributed by atoms with E-state index in [0.29, 0.717) is 12.8 Å². The maximum Gasteiger partial charge on any atom is 0.407 e. The molecule has 1 unspecified atom stereocenters. The fraction of sp³-hybridized carbons (Fsp3) is 0.423. The van der Waals surface area contributed by atoms with Gasteiger partial charge in [0, 0.05) is 12.5 Å². The van der Waals surface area contributed by atoms with Crippen LogP contribution in [-0.2, 0) is 14.3 Å². The number of nitrogens with one attached hydrogen (secondary N) is 2. The predicted molar refractivity (Wildman–Crippen MR) is 124 cm³/mol. The summed E-state index contributed by atoms with van der Waals surface area (Å²) in [4.78, 5) is 36.8. The molecule has 3 N–H and O–H groups in total. The van der Waals surface area contributed by atoms with E-state index >= 15 is 0 Å². The molecule has 0 heterocycles. The number of ether oxygens (including phenoxy) is 1. The molecule has 2 aliphatic rings. The SMILES string of the molecule is CC(C)C(CNC(=O)OCC1c2ccccc2-c2ccccc21)C(=O)NC1(C(=O)O)CCC1. The molecule has 2 aromatic carbocycles. The number of carboxylic acids is 1. The third-order valence-electron chi connectivity index (χ3n) is 6.93. The molecule has 7 nitrogen and oxygen atoms in total. The maximum absolute atomic E-state index is 12.8. The lowest BCUT2D eigenvalue weighted by atomic mass is 9.76. The number of carbonyl (C=O) groups excluding carboxylic acids is 2. The highest BCUT2D eigenvalue weighted by Crippen LogP contribution is 2.44. The number of rotatable bonds is 8. The minimum atomic E-state index is -1.17. The van der Waals surface area contributed by atoms with Crippen molar-refractivity contribution in [2.75, 3.05) is 13.2 Å². The lowest BCUT2D eigenvalue weighted by Gasteiger charge is -2.39. The van der Waals surface area contributed by atoms with Gasteiger partial charge < -0.3 is 20.5 Å². The molecule has 1 atom stereocenters. The summed E-state index contributed by atoms with van der Waals surface area (Å²) in [6.07, 6.45) is 1.04. The average molecular weight is 451 g/mol. The van der Waals surface area contributed by atoms with Gasteiger partial charge in [-0.2, -0.15) is 0 Å². The summed E-state index contributed by atoms with van der Waals surface area (Å²) in [5, 5.41) is 14.9. The molecule has 1 fully saturated rings. The van der Waals surface area contributed by atoms with E-state index in [4.69, 9.17) is 4.74 Å². The molecule has 0 spiro atoms. The fourth-order valence-electron chi connectivity index (χ4n) is 4.73. The topological polar surface area (TPSA) is 105 Å². The standard InChI is InChI=1S/C26H30N2O5/c1-16(2)21(23(29)28-26(24(30)31)12-7-13-26)14-27-25(32)33-15-22-19-10-5-3-8-17(19)18-9-4-6-11-20(18)22/h3-6,8-11,16,21-22H,7,12-15H2,1-2H3,(H,27,32)(H,28,29)(H,30,31). The Labute approximate surface area is 193 Å². The second-order valence-electron chi connectivity index (χ2n) is 9.29. The number of alkyl carbamates (subject to hydrolysis) is 1. The summed E-state index contributed by atoms with van der Waals surface area (Å²) in [6, 6.07) is 16.2. The molecule has 1 saturated carbocycles.